The molecule has 3 rings (SSSR count). The van der Waals surface area contributed by atoms with Gasteiger partial charge < -0.3 is 4.74 Å². The van der Waals surface area contributed by atoms with Crippen molar-refractivity contribution in [1.82, 2.24) is 9.78 Å². The zero-order valence-corrected chi connectivity index (χ0v) is 17.6. The molecular formula is C22H30N2O2S. The van der Waals surface area contributed by atoms with Gasteiger partial charge in [0.25, 0.3) is 0 Å². The third-order valence-electron chi connectivity index (χ3n) is 4.95. The van der Waals surface area contributed by atoms with Crippen LogP contribution in [0.5, 0.6) is 5.88 Å². The molecule has 0 amide bonds. The number of benzene rings is 1. The van der Waals surface area contributed by atoms with Gasteiger partial charge in [-0.25, -0.2) is 4.68 Å². The second-order valence-electron chi connectivity index (χ2n) is 8.40. The maximum atomic E-state index is 12.7. The van der Waals surface area contributed by atoms with Gasteiger partial charge in [0.15, 0.2) is 0 Å². The van der Waals surface area contributed by atoms with Gasteiger partial charge in [0.2, 0.25) is 5.88 Å². The van der Waals surface area contributed by atoms with E-state index in [0.29, 0.717) is 18.2 Å². The molecule has 5 heteroatoms. The number of aryl methyl sites for hydroxylation is 1. The Morgan fingerprint density at radius 1 is 1.19 bits per heavy atom. The summed E-state index contributed by atoms with van der Waals surface area (Å²) < 4.78 is 7.79. The molecule has 0 bridgehead atoms. The summed E-state index contributed by atoms with van der Waals surface area (Å²) >= 11 is 1.61. The van der Waals surface area contributed by atoms with Crippen LogP contribution in [-0.4, -0.2) is 15.7 Å². The summed E-state index contributed by atoms with van der Waals surface area (Å²) in [6, 6.07) is 10.2. The Bertz CT molecular complexity index is 772. The van der Waals surface area contributed by atoms with Crippen LogP contribution in [0.15, 0.2) is 40.1 Å². The minimum Gasteiger partial charge on any atom is -0.406 e. The SMILES string of the molecule is Cc1nn(C(C)(C)C)c(OC(=O)CC2CCCCC2)c1Sc1ccccc1. The summed E-state index contributed by atoms with van der Waals surface area (Å²) in [6.45, 7) is 8.21. The first-order chi connectivity index (χ1) is 12.8. The van der Waals surface area contributed by atoms with Crippen LogP contribution in [0.1, 0.15) is 65.0 Å². The Kier molecular flexibility index (Phi) is 6.30. The van der Waals surface area contributed by atoms with Crippen LogP contribution in [0.4, 0.5) is 0 Å². The number of carbonyl (C=O) groups is 1. The molecule has 0 spiro atoms. The highest BCUT2D eigenvalue weighted by Gasteiger charge is 2.28. The molecule has 0 radical (unpaired) electrons. The third-order valence-corrected chi connectivity index (χ3v) is 6.14. The molecule has 2 aromatic rings. The molecule has 0 atom stereocenters. The lowest BCUT2D eigenvalue weighted by molar-refractivity contribution is -0.136. The first-order valence-corrected chi connectivity index (χ1v) is 10.7. The van der Waals surface area contributed by atoms with E-state index in [4.69, 9.17) is 9.84 Å². The van der Waals surface area contributed by atoms with Gasteiger partial charge >= 0.3 is 5.97 Å². The van der Waals surface area contributed by atoms with E-state index in [9.17, 15) is 4.79 Å². The van der Waals surface area contributed by atoms with Crippen molar-refractivity contribution in [3.8, 4) is 5.88 Å². The van der Waals surface area contributed by atoms with Crippen LogP contribution >= 0.6 is 11.8 Å². The average molecular weight is 387 g/mol. The van der Waals surface area contributed by atoms with Crippen molar-refractivity contribution in [1.29, 1.82) is 0 Å². The van der Waals surface area contributed by atoms with Crippen LogP contribution in [-0.2, 0) is 10.3 Å². The molecule has 4 nitrogen and oxygen atoms in total. The Hall–Kier alpha value is -1.75. The smallest absolute Gasteiger partial charge is 0.312 e. The molecule has 1 saturated carbocycles. The zero-order valence-electron chi connectivity index (χ0n) is 16.8. The van der Waals surface area contributed by atoms with E-state index in [1.165, 1.54) is 19.3 Å². The zero-order chi connectivity index (χ0) is 19.4. The fourth-order valence-electron chi connectivity index (χ4n) is 3.54. The maximum absolute atomic E-state index is 12.7. The predicted molar refractivity (Wildman–Crippen MR) is 109 cm³/mol. The molecular weight excluding hydrogens is 356 g/mol. The van der Waals surface area contributed by atoms with Crippen molar-refractivity contribution in [2.45, 2.75) is 81.5 Å². The van der Waals surface area contributed by atoms with Crippen LogP contribution < -0.4 is 4.74 Å². The number of ether oxygens (including phenoxy) is 1. The summed E-state index contributed by atoms with van der Waals surface area (Å²) in [5.41, 5.74) is 0.625. The standard InChI is InChI=1S/C22H30N2O2S/c1-16-20(27-18-13-9-6-10-14-18)21(24(23-16)22(2,3)4)26-19(25)15-17-11-7-5-8-12-17/h6,9-10,13-14,17H,5,7-8,11-12,15H2,1-4H3. The van der Waals surface area contributed by atoms with E-state index in [1.807, 2.05) is 29.8 Å². The minimum absolute atomic E-state index is 0.137. The van der Waals surface area contributed by atoms with Gasteiger partial charge in [-0.15, -0.1) is 0 Å². The van der Waals surface area contributed by atoms with Gasteiger partial charge in [-0.1, -0.05) is 49.2 Å². The van der Waals surface area contributed by atoms with Crippen molar-refractivity contribution in [3.63, 3.8) is 0 Å². The highest BCUT2D eigenvalue weighted by molar-refractivity contribution is 7.99. The van der Waals surface area contributed by atoms with Crippen LogP contribution in [0.2, 0.25) is 0 Å². The normalized spacial score (nSPS) is 15.7. The van der Waals surface area contributed by atoms with Gasteiger partial charge in [-0.05, 0) is 58.6 Å². The molecule has 0 unspecified atom stereocenters. The van der Waals surface area contributed by atoms with Crippen molar-refractivity contribution in [2.24, 2.45) is 5.92 Å². The van der Waals surface area contributed by atoms with Crippen LogP contribution in [0.25, 0.3) is 0 Å². The van der Waals surface area contributed by atoms with Crippen LogP contribution in [0.3, 0.4) is 0 Å². The fraction of sp³-hybridized carbons (Fsp3) is 0.545. The first-order valence-electron chi connectivity index (χ1n) is 9.88. The maximum Gasteiger partial charge on any atom is 0.312 e. The summed E-state index contributed by atoms with van der Waals surface area (Å²) in [5.74, 6) is 0.903. The Morgan fingerprint density at radius 3 is 2.48 bits per heavy atom. The lowest BCUT2D eigenvalue weighted by Crippen LogP contribution is -2.26. The van der Waals surface area contributed by atoms with Gasteiger partial charge in [-0.2, -0.15) is 5.10 Å². The monoisotopic (exact) mass is 386 g/mol. The number of carbonyl (C=O) groups excluding carboxylic acids is 1. The van der Waals surface area contributed by atoms with Crippen molar-refractivity contribution in [2.75, 3.05) is 0 Å². The third kappa shape index (κ3) is 5.16. The van der Waals surface area contributed by atoms with E-state index >= 15 is 0 Å². The molecule has 0 saturated heterocycles. The number of aromatic nitrogens is 2. The fourth-order valence-corrected chi connectivity index (χ4v) is 4.47. The Morgan fingerprint density at radius 2 is 1.85 bits per heavy atom. The molecule has 1 fully saturated rings. The number of nitrogens with zero attached hydrogens (tertiary/aromatic N) is 2. The van der Waals surface area contributed by atoms with Crippen molar-refractivity contribution < 1.29 is 9.53 Å². The molecule has 27 heavy (non-hydrogen) atoms. The molecule has 0 aliphatic heterocycles. The molecule has 1 aromatic carbocycles. The summed E-state index contributed by atoms with van der Waals surface area (Å²) in [4.78, 5) is 14.7. The Labute approximate surface area is 166 Å². The molecule has 1 aliphatic rings. The lowest BCUT2D eigenvalue weighted by Gasteiger charge is -2.23. The largest absolute Gasteiger partial charge is 0.406 e. The number of hydrogen-bond donors (Lipinski definition) is 0. The van der Waals surface area contributed by atoms with E-state index < -0.39 is 0 Å². The highest BCUT2D eigenvalue weighted by atomic mass is 32.2. The molecule has 1 aliphatic carbocycles. The second-order valence-corrected chi connectivity index (χ2v) is 9.48. The van der Waals surface area contributed by atoms with Gasteiger partial charge in [0, 0.05) is 11.3 Å². The summed E-state index contributed by atoms with van der Waals surface area (Å²) in [6.07, 6.45) is 6.53. The molecule has 1 heterocycles. The number of hydrogen-bond acceptors (Lipinski definition) is 4. The van der Waals surface area contributed by atoms with E-state index in [-0.39, 0.29) is 11.5 Å². The summed E-state index contributed by atoms with van der Waals surface area (Å²) in [5, 5.41) is 4.70. The lowest BCUT2D eigenvalue weighted by atomic mass is 9.87. The van der Waals surface area contributed by atoms with Crippen molar-refractivity contribution in [3.05, 3.63) is 36.0 Å². The molecule has 1 aromatic heterocycles. The van der Waals surface area contributed by atoms with Crippen molar-refractivity contribution >= 4 is 17.7 Å². The number of esters is 1. The topological polar surface area (TPSA) is 44.1 Å². The van der Waals surface area contributed by atoms with Gasteiger partial charge in [0.05, 0.1) is 16.1 Å². The van der Waals surface area contributed by atoms with Gasteiger partial charge in [0.1, 0.15) is 0 Å². The quantitative estimate of drug-likeness (QED) is 0.594. The van der Waals surface area contributed by atoms with E-state index in [2.05, 4.69) is 32.9 Å². The Balaban J connectivity index is 1.85. The minimum atomic E-state index is -0.263. The molecule has 0 N–H and O–H groups in total. The van der Waals surface area contributed by atoms with Gasteiger partial charge in [-0.3, -0.25) is 4.79 Å². The number of rotatable bonds is 5. The highest BCUT2D eigenvalue weighted by Crippen LogP contribution is 2.40. The predicted octanol–water partition coefficient (Wildman–Crippen LogP) is 5.97. The summed E-state index contributed by atoms with van der Waals surface area (Å²) in [7, 11) is 0. The average Bonchev–Trinajstić information content (AvgIpc) is 2.93. The first kappa shape index (κ1) is 20.0. The molecule has 146 valence electrons. The van der Waals surface area contributed by atoms with E-state index in [0.717, 1.165) is 28.3 Å². The van der Waals surface area contributed by atoms with Crippen LogP contribution in [0, 0.1) is 12.8 Å². The second kappa shape index (κ2) is 8.51. The van der Waals surface area contributed by atoms with E-state index in [1.54, 1.807) is 11.8 Å².